The van der Waals surface area contributed by atoms with E-state index in [0.717, 1.165) is 11.1 Å². The van der Waals surface area contributed by atoms with E-state index in [-0.39, 0.29) is 0 Å². The molecule has 2 atom stereocenters. The Morgan fingerprint density at radius 1 is 1.50 bits per heavy atom. The number of aliphatic hydroxyl groups excluding tert-OH is 1. The van der Waals surface area contributed by atoms with Gasteiger partial charge in [0.2, 0.25) is 0 Å². The fourth-order valence-electron chi connectivity index (χ4n) is 1.60. The molecule has 0 unspecified atom stereocenters. The van der Waals surface area contributed by atoms with E-state index in [2.05, 4.69) is 4.98 Å². The van der Waals surface area contributed by atoms with E-state index in [1.807, 2.05) is 13.0 Å². The Morgan fingerprint density at radius 3 is 2.77 bits per heavy atom. The number of alkyl halides is 3. The zero-order valence-electron chi connectivity index (χ0n) is 11.9. The number of aromatic nitrogens is 1. The molecule has 22 heavy (non-hydrogen) atoms. The highest BCUT2D eigenvalue weighted by molar-refractivity contribution is 5.79. The summed E-state index contributed by atoms with van der Waals surface area (Å²) in [5.41, 5.74) is 1.72. The summed E-state index contributed by atoms with van der Waals surface area (Å²) in [7, 11) is 0. The minimum absolute atomic E-state index is 0.852. The Labute approximate surface area is 126 Å². The fourth-order valence-corrected chi connectivity index (χ4v) is 1.60. The van der Waals surface area contributed by atoms with Gasteiger partial charge in [0.25, 0.3) is 5.91 Å². The molecule has 1 amide bonds. The lowest BCUT2D eigenvalue weighted by atomic mass is 10.1. The summed E-state index contributed by atoms with van der Waals surface area (Å²) in [4.78, 5) is 14.8. The van der Waals surface area contributed by atoms with Crippen LogP contribution in [0.5, 0.6) is 0 Å². The molecule has 120 valence electrons. The molecular formula is C15H17F3N2O2. The van der Waals surface area contributed by atoms with Crippen molar-refractivity contribution in [3.63, 3.8) is 0 Å². The zero-order chi connectivity index (χ0) is 16.5. The Balaban J connectivity index is 2.65. The fraction of sp³-hybridized carbons (Fsp3) is 0.333. The van der Waals surface area contributed by atoms with E-state index >= 15 is 0 Å². The third kappa shape index (κ3) is 5.69. The SMILES string of the molecule is C/C(=C\C=C\[C@@H](O)[C@@H](CF)NC(=O)C(F)F)c1cccnc1. The second-order valence-corrected chi connectivity index (χ2v) is 4.54. The van der Waals surface area contributed by atoms with Crippen LogP contribution in [0.4, 0.5) is 13.2 Å². The number of nitrogens with one attached hydrogen (secondary N) is 1. The molecule has 1 aromatic heterocycles. The number of aliphatic hydroxyl groups is 1. The van der Waals surface area contributed by atoms with Crippen LogP contribution in [0.15, 0.2) is 42.8 Å². The summed E-state index contributed by atoms with van der Waals surface area (Å²) in [6.45, 7) is 0.661. The first-order valence-corrected chi connectivity index (χ1v) is 6.53. The Bertz CT molecular complexity index is 533. The number of rotatable bonds is 7. The highest BCUT2D eigenvalue weighted by Crippen LogP contribution is 2.11. The van der Waals surface area contributed by atoms with Crippen molar-refractivity contribution in [1.82, 2.24) is 10.3 Å². The Kier molecular flexibility index (Phi) is 7.31. The molecule has 1 rings (SSSR count). The van der Waals surface area contributed by atoms with Crippen LogP contribution in [-0.4, -0.2) is 41.2 Å². The average Bonchev–Trinajstić information content (AvgIpc) is 2.52. The molecule has 0 aliphatic rings. The quantitative estimate of drug-likeness (QED) is 0.758. The molecule has 0 aliphatic carbocycles. The number of carbonyl (C=O) groups excluding carboxylic acids is 1. The van der Waals surface area contributed by atoms with Gasteiger partial charge in [0, 0.05) is 12.4 Å². The van der Waals surface area contributed by atoms with Crippen LogP contribution in [0, 0.1) is 0 Å². The third-order valence-corrected chi connectivity index (χ3v) is 2.88. The number of hydrogen-bond acceptors (Lipinski definition) is 3. The third-order valence-electron chi connectivity index (χ3n) is 2.88. The monoisotopic (exact) mass is 314 g/mol. The maximum Gasteiger partial charge on any atom is 0.315 e. The Hall–Kier alpha value is -2.15. The molecule has 2 N–H and O–H groups in total. The average molecular weight is 314 g/mol. The van der Waals surface area contributed by atoms with Crippen LogP contribution in [-0.2, 0) is 4.79 Å². The van der Waals surface area contributed by atoms with Crippen LogP contribution in [0.2, 0.25) is 0 Å². The van der Waals surface area contributed by atoms with Crippen molar-refractivity contribution < 1.29 is 23.1 Å². The van der Waals surface area contributed by atoms with E-state index in [0.29, 0.717) is 0 Å². The first kappa shape index (κ1) is 17.9. The lowest BCUT2D eigenvalue weighted by molar-refractivity contribution is -0.133. The number of amides is 1. The van der Waals surface area contributed by atoms with Gasteiger partial charge in [-0.2, -0.15) is 8.78 Å². The van der Waals surface area contributed by atoms with Crippen molar-refractivity contribution in [3.05, 3.63) is 48.3 Å². The maximum absolute atomic E-state index is 12.7. The van der Waals surface area contributed by atoms with E-state index in [9.17, 15) is 23.1 Å². The second kappa shape index (κ2) is 8.99. The highest BCUT2D eigenvalue weighted by Gasteiger charge is 2.23. The van der Waals surface area contributed by atoms with Crippen molar-refractivity contribution in [1.29, 1.82) is 0 Å². The lowest BCUT2D eigenvalue weighted by Crippen LogP contribution is -2.46. The van der Waals surface area contributed by atoms with Crippen molar-refractivity contribution >= 4 is 11.5 Å². The summed E-state index contributed by atoms with van der Waals surface area (Å²) >= 11 is 0. The van der Waals surface area contributed by atoms with Crippen LogP contribution in [0.1, 0.15) is 12.5 Å². The molecule has 0 aromatic carbocycles. The smallest absolute Gasteiger partial charge is 0.315 e. The molecule has 0 saturated carbocycles. The van der Waals surface area contributed by atoms with Crippen LogP contribution >= 0.6 is 0 Å². The Morgan fingerprint density at radius 2 is 2.23 bits per heavy atom. The lowest BCUT2D eigenvalue weighted by Gasteiger charge is -2.18. The van der Waals surface area contributed by atoms with Gasteiger partial charge in [0.05, 0.1) is 12.1 Å². The number of pyridine rings is 1. The van der Waals surface area contributed by atoms with Gasteiger partial charge in [-0.15, -0.1) is 0 Å². The highest BCUT2D eigenvalue weighted by atomic mass is 19.3. The van der Waals surface area contributed by atoms with Gasteiger partial charge in [-0.05, 0) is 24.1 Å². The van der Waals surface area contributed by atoms with Gasteiger partial charge in [-0.1, -0.05) is 24.3 Å². The number of allylic oxidation sites excluding steroid dienone is 3. The molecule has 0 saturated heterocycles. The maximum atomic E-state index is 12.7. The van der Waals surface area contributed by atoms with E-state index < -0.39 is 31.2 Å². The molecule has 1 aromatic rings. The van der Waals surface area contributed by atoms with Gasteiger partial charge in [0.15, 0.2) is 0 Å². The molecule has 7 heteroatoms. The first-order valence-electron chi connectivity index (χ1n) is 6.53. The molecular weight excluding hydrogens is 297 g/mol. The topological polar surface area (TPSA) is 62.2 Å². The summed E-state index contributed by atoms with van der Waals surface area (Å²) in [5, 5.41) is 11.4. The van der Waals surface area contributed by atoms with Crippen LogP contribution in [0.3, 0.4) is 0 Å². The molecule has 0 aliphatic heterocycles. The molecule has 0 fully saturated rings. The first-order chi connectivity index (χ1) is 10.5. The van der Waals surface area contributed by atoms with Crippen molar-refractivity contribution in [2.75, 3.05) is 6.67 Å². The molecule has 0 bridgehead atoms. The van der Waals surface area contributed by atoms with Gasteiger partial charge < -0.3 is 10.4 Å². The normalized spacial score (nSPS) is 15.1. The number of hydrogen-bond donors (Lipinski definition) is 2. The van der Waals surface area contributed by atoms with Crippen LogP contribution in [0.25, 0.3) is 5.57 Å². The predicted octanol–water partition coefficient (Wildman–Crippen LogP) is 2.12. The predicted molar refractivity (Wildman–Crippen MR) is 76.9 cm³/mol. The molecule has 0 spiro atoms. The molecule has 1 heterocycles. The number of carbonyl (C=O) groups is 1. The van der Waals surface area contributed by atoms with Crippen LogP contribution < -0.4 is 5.32 Å². The minimum atomic E-state index is -3.25. The summed E-state index contributed by atoms with van der Waals surface area (Å²) in [6, 6.07) is 2.20. The van der Waals surface area contributed by atoms with E-state index in [4.69, 9.17) is 0 Å². The largest absolute Gasteiger partial charge is 0.387 e. The second-order valence-electron chi connectivity index (χ2n) is 4.54. The number of nitrogens with zero attached hydrogens (tertiary/aromatic N) is 1. The van der Waals surface area contributed by atoms with Gasteiger partial charge in [-0.3, -0.25) is 9.78 Å². The standard InChI is InChI=1S/C15H17F3N2O2/c1-10(11-5-3-7-19-9-11)4-2-6-13(21)12(8-16)20-15(22)14(17)18/h2-7,9,12-14,21H,8H2,1H3,(H,20,22)/b6-2+,10-4+/t12-,13-/m1/s1. The number of halogens is 3. The van der Waals surface area contributed by atoms with Gasteiger partial charge in [-0.25, -0.2) is 4.39 Å². The van der Waals surface area contributed by atoms with Crippen molar-refractivity contribution in [3.8, 4) is 0 Å². The van der Waals surface area contributed by atoms with Crippen molar-refractivity contribution in [2.24, 2.45) is 0 Å². The van der Waals surface area contributed by atoms with Gasteiger partial charge >= 0.3 is 6.43 Å². The van der Waals surface area contributed by atoms with E-state index in [1.165, 1.54) is 12.2 Å². The zero-order valence-corrected chi connectivity index (χ0v) is 11.9. The molecule has 4 nitrogen and oxygen atoms in total. The molecule has 0 radical (unpaired) electrons. The summed E-state index contributed by atoms with van der Waals surface area (Å²) in [6.07, 6.45) is 2.96. The van der Waals surface area contributed by atoms with Crippen molar-refractivity contribution in [2.45, 2.75) is 25.5 Å². The summed E-state index contributed by atoms with van der Waals surface area (Å²) in [5.74, 6) is -1.61. The van der Waals surface area contributed by atoms with E-state index in [1.54, 1.807) is 29.9 Å². The minimum Gasteiger partial charge on any atom is -0.387 e. The van der Waals surface area contributed by atoms with Gasteiger partial charge in [0.1, 0.15) is 6.67 Å². The summed E-state index contributed by atoms with van der Waals surface area (Å²) < 4.78 is 36.9.